The highest BCUT2D eigenvalue weighted by Crippen LogP contribution is 2.38. The Balaban J connectivity index is 1.96. The van der Waals surface area contributed by atoms with E-state index in [2.05, 4.69) is 5.32 Å². The molecule has 30 heavy (non-hydrogen) atoms. The predicted octanol–water partition coefficient (Wildman–Crippen LogP) is 6.09. The highest BCUT2D eigenvalue weighted by Gasteiger charge is 2.30. The molecule has 0 saturated heterocycles. The van der Waals surface area contributed by atoms with Gasteiger partial charge in [-0.15, -0.1) is 11.3 Å². The van der Waals surface area contributed by atoms with Crippen LogP contribution in [-0.4, -0.2) is 19.0 Å². The SMILES string of the molecule is COC(=O)c1c(-c2cc(C)ccc2C)csc1NC(=O)c1ccc(C(F)(F)F)cc1. The fourth-order valence-corrected chi connectivity index (χ4v) is 3.91. The molecule has 1 heterocycles. The minimum atomic E-state index is -4.48. The first-order chi connectivity index (χ1) is 14.1. The van der Waals surface area contributed by atoms with E-state index in [-0.39, 0.29) is 16.1 Å². The first kappa shape index (κ1) is 21.6. The van der Waals surface area contributed by atoms with E-state index in [0.717, 1.165) is 52.3 Å². The average Bonchev–Trinajstić information content (AvgIpc) is 3.11. The van der Waals surface area contributed by atoms with Crippen LogP contribution in [0.25, 0.3) is 11.1 Å². The monoisotopic (exact) mass is 433 g/mol. The van der Waals surface area contributed by atoms with E-state index in [1.54, 1.807) is 5.38 Å². The molecule has 1 N–H and O–H groups in total. The molecule has 2 aromatic carbocycles. The second-order valence-corrected chi connectivity index (χ2v) is 7.57. The molecule has 156 valence electrons. The Morgan fingerprint density at radius 2 is 1.67 bits per heavy atom. The fraction of sp³-hybridized carbons (Fsp3) is 0.182. The van der Waals surface area contributed by atoms with Crippen LogP contribution in [0.4, 0.5) is 18.2 Å². The third kappa shape index (κ3) is 4.38. The van der Waals surface area contributed by atoms with E-state index in [9.17, 15) is 22.8 Å². The number of anilines is 1. The van der Waals surface area contributed by atoms with Crippen molar-refractivity contribution < 1.29 is 27.5 Å². The largest absolute Gasteiger partial charge is 0.465 e. The van der Waals surface area contributed by atoms with Gasteiger partial charge in [0.2, 0.25) is 0 Å². The second-order valence-electron chi connectivity index (χ2n) is 6.69. The topological polar surface area (TPSA) is 55.4 Å². The van der Waals surface area contributed by atoms with Crippen LogP contribution in [0.15, 0.2) is 47.8 Å². The molecule has 3 aromatic rings. The molecular weight excluding hydrogens is 415 g/mol. The number of nitrogens with one attached hydrogen (secondary N) is 1. The van der Waals surface area contributed by atoms with Gasteiger partial charge in [0.1, 0.15) is 10.6 Å². The summed E-state index contributed by atoms with van der Waals surface area (Å²) < 4.78 is 43.1. The number of carbonyl (C=O) groups excluding carboxylic acids is 2. The molecule has 0 spiro atoms. The van der Waals surface area contributed by atoms with E-state index < -0.39 is 23.6 Å². The van der Waals surface area contributed by atoms with E-state index in [1.807, 2.05) is 32.0 Å². The van der Waals surface area contributed by atoms with Crippen molar-refractivity contribution in [2.75, 3.05) is 12.4 Å². The predicted molar refractivity (Wildman–Crippen MR) is 110 cm³/mol. The zero-order valence-electron chi connectivity index (χ0n) is 16.4. The van der Waals surface area contributed by atoms with Crippen molar-refractivity contribution in [2.24, 2.45) is 0 Å². The maximum absolute atomic E-state index is 12.7. The Labute approximate surface area is 175 Å². The molecule has 8 heteroatoms. The lowest BCUT2D eigenvalue weighted by atomic mass is 9.97. The summed E-state index contributed by atoms with van der Waals surface area (Å²) >= 11 is 1.15. The van der Waals surface area contributed by atoms with Gasteiger partial charge in [0, 0.05) is 16.5 Å². The lowest BCUT2D eigenvalue weighted by Crippen LogP contribution is -2.15. The fourth-order valence-electron chi connectivity index (χ4n) is 2.96. The molecule has 0 aliphatic rings. The number of hydrogen-bond acceptors (Lipinski definition) is 4. The quantitative estimate of drug-likeness (QED) is 0.507. The van der Waals surface area contributed by atoms with Crippen LogP contribution < -0.4 is 5.32 Å². The molecule has 0 bridgehead atoms. The number of hydrogen-bond donors (Lipinski definition) is 1. The van der Waals surface area contributed by atoms with Crippen molar-refractivity contribution in [3.63, 3.8) is 0 Å². The summed E-state index contributed by atoms with van der Waals surface area (Å²) in [6, 6.07) is 9.69. The maximum atomic E-state index is 12.7. The summed E-state index contributed by atoms with van der Waals surface area (Å²) in [6.45, 7) is 3.84. The number of benzene rings is 2. The number of rotatable bonds is 4. The number of aryl methyl sites for hydroxylation is 2. The molecule has 0 unspecified atom stereocenters. The average molecular weight is 433 g/mol. The number of halogens is 3. The van der Waals surface area contributed by atoms with Gasteiger partial charge >= 0.3 is 12.1 Å². The van der Waals surface area contributed by atoms with Gasteiger partial charge < -0.3 is 10.1 Å². The molecule has 0 fully saturated rings. The third-order valence-corrected chi connectivity index (χ3v) is 5.46. The van der Waals surface area contributed by atoms with Crippen LogP contribution in [0.1, 0.15) is 37.4 Å². The Hall–Kier alpha value is -3.13. The second kappa shape index (κ2) is 8.31. The van der Waals surface area contributed by atoms with Crippen LogP contribution in [0, 0.1) is 13.8 Å². The molecule has 0 aliphatic carbocycles. The number of methoxy groups -OCH3 is 1. The van der Waals surface area contributed by atoms with Gasteiger partial charge in [0.25, 0.3) is 5.91 Å². The molecule has 0 atom stereocenters. The van der Waals surface area contributed by atoms with Gasteiger partial charge in [-0.3, -0.25) is 4.79 Å². The molecule has 0 radical (unpaired) electrons. The summed E-state index contributed by atoms with van der Waals surface area (Å²) in [5.74, 6) is -1.24. The van der Waals surface area contributed by atoms with Crippen molar-refractivity contribution in [1.82, 2.24) is 0 Å². The standard InChI is InChI=1S/C22H18F3NO3S/c1-12-4-5-13(2)16(10-12)17-11-30-20(18(17)21(28)29-3)26-19(27)14-6-8-15(9-7-14)22(23,24)25/h4-11H,1-3H3,(H,26,27). The van der Waals surface area contributed by atoms with E-state index >= 15 is 0 Å². The Kier molecular flexibility index (Phi) is 5.98. The zero-order valence-corrected chi connectivity index (χ0v) is 17.2. The van der Waals surface area contributed by atoms with Crippen LogP contribution in [0.5, 0.6) is 0 Å². The van der Waals surface area contributed by atoms with Crippen LogP contribution >= 0.6 is 11.3 Å². The summed E-state index contributed by atoms with van der Waals surface area (Å²) in [5, 5.41) is 4.63. The summed E-state index contributed by atoms with van der Waals surface area (Å²) in [7, 11) is 1.24. The summed E-state index contributed by atoms with van der Waals surface area (Å²) in [5.41, 5.74) is 2.81. The first-order valence-corrected chi connectivity index (χ1v) is 9.76. The van der Waals surface area contributed by atoms with Gasteiger partial charge in [-0.2, -0.15) is 13.2 Å². The molecule has 0 aliphatic heterocycles. The van der Waals surface area contributed by atoms with E-state index in [1.165, 1.54) is 7.11 Å². The van der Waals surface area contributed by atoms with Crippen LogP contribution in [0.3, 0.4) is 0 Å². The summed E-state index contributed by atoms with van der Waals surface area (Å²) in [4.78, 5) is 25.0. The van der Waals surface area contributed by atoms with Crippen molar-refractivity contribution in [1.29, 1.82) is 0 Å². The van der Waals surface area contributed by atoms with Gasteiger partial charge in [-0.25, -0.2) is 4.79 Å². The van der Waals surface area contributed by atoms with Gasteiger partial charge in [0.05, 0.1) is 12.7 Å². The smallest absolute Gasteiger partial charge is 0.416 e. The maximum Gasteiger partial charge on any atom is 0.416 e. The van der Waals surface area contributed by atoms with Gasteiger partial charge in [0.15, 0.2) is 0 Å². The lowest BCUT2D eigenvalue weighted by molar-refractivity contribution is -0.137. The Morgan fingerprint density at radius 3 is 2.27 bits per heavy atom. The molecule has 3 rings (SSSR count). The molecule has 1 amide bonds. The van der Waals surface area contributed by atoms with Gasteiger partial charge in [-0.05, 0) is 49.2 Å². The van der Waals surface area contributed by atoms with Crippen molar-refractivity contribution in [3.8, 4) is 11.1 Å². The van der Waals surface area contributed by atoms with Crippen molar-refractivity contribution in [3.05, 3.63) is 75.7 Å². The summed E-state index contributed by atoms with van der Waals surface area (Å²) in [6.07, 6.45) is -4.48. The molecule has 1 aromatic heterocycles. The van der Waals surface area contributed by atoms with Crippen molar-refractivity contribution >= 4 is 28.2 Å². The molecule has 0 saturated carbocycles. The normalized spacial score (nSPS) is 11.3. The van der Waals surface area contributed by atoms with Crippen LogP contribution in [0.2, 0.25) is 0 Å². The van der Waals surface area contributed by atoms with E-state index in [4.69, 9.17) is 4.74 Å². The minimum Gasteiger partial charge on any atom is -0.465 e. The third-order valence-electron chi connectivity index (χ3n) is 4.57. The van der Waals surface area contributed by atoms with E-state index in [0.29, 0.717) is 5.56 Å². The number of carbonyl (C=O) groups is 2. The molecular formula is C22H18F3NO3S. The highest BCUT2D eigenvalue weighted by molar-refractivity contribution is 7.15. The zero-order chi connectivity index (χ0) is 22.1. The number of esters is 1. The van der Waals surface area contributed by atoms with Crippen LogP contribution in [-0.2, 0) is 10.9 Å². The number of thiophene rings is 1. The highest BCUT2D eigenvalue weighted by atomic mass is 32.1. The lowest BCUT2D eigenvalue weighted by Gasteiger charge is -2.11. The number of ether oxygens (including phenoxy) is 1. The Morgan fingerprint density at radius 1 is 1.00 bits per heavy atom. The number of alkyl halides is 3. The first-order valence-electron chi connectivity index (χ1n) is 8.88. The van der Waals surface area contributed by atoms with Crippen molar-refractivity contribution in [2.45, 2.75) is 20.0 Å². The van der Waals surface area contributed by atoms with Gasteiger partial charge in [-0.1, -0.05) is 23.8 Å². The minimum absolute atomic E-state index is 0.0421. The Bertz CT molecular complexity index is 1100. The molecule has 4 nitrogen and oxygen atoms in total. The number of amides is 1.